The Bertz CT molecular complexity index is 260. The van der Waals surface area contributed by atoms with Crippen molar-refractivity contribution in [2.75, 3.05) is 0 Å². The van der Waals surface area contributed by atoms with Gasteiger partial charge >= 0.3 is 0 Å². The van der Waals surface area contributed by atoms with Crippen LogP contribution in [-0.4, -0.2) is 12.3 Å². The molecule has 0 amide bonds. The number of hydrogen-bond donors (Lipinski definition) is 1. The highest BCUT2D eigenvalue weighted by atomic mass is 16.1. The zero-order valence-corrected chi connectivity index (χ0v) is 6.16. The fraction of sp³-hybridized carbons (Fsp3) is 0.222. The summed E-state index contributed by atoms with van der Waals surface area (Å²) in [6.45, 7) is 0. The summed E-state index contributed by atoms with van der Waals surface area (Å²) >= 11 is 0. The van der Waals surface area contributed by atoms with Crippen LogP contribution >= 0.6 is 0 Å². The fourth-order valence-electron chi connectivity index (χ4n) is 0.910. The van der Waals surface area contributed by atoms with Gasteiger partial charge in [0, 0.05) is 0 Å². The van der Waals surface area contributed by atoms with Crippen molar-refractivity contribution in [3.05, 3.63) is 35.9 Å². The lowest BCUT2D eigenvalue weighted by atomic mass is 10.1. The molecular formula is C9H11NO. The van der Waals surface area contributed by atoms with Gasteiger partial charge in [-0.05, 0) is 12.0 Å². The van der Waals surface area contributed by atoms with Gasteiger partial charge in [0.15, 0.2) is 0 Å². The molecule has 0 spiro atoms. The summed E-state index contributed by atoms with van der Waals surface area (Å²) in [4.78, 5) is 10.5. The Kier molecular flexibility index (Phi) is 2.31. The predicted molar refractivity (Wildman–Crippen MR) is 44.2 cm³/mol. The lowest BCUT2D eigenvalue weighted by Crippen LogP contribution is -2.23. The minimum absolute atomic E-state index is 0.448. The molecule has 58 valence electrons. The van der Waals surface area contributed by atoms with Crippen LogP contribution in [0.2, 0.25) is 0 Å². The van der Waals surface area contributed by atoms with E-state index in [1.807, 2.05) is 30.3 Å². The first-order valence-corrected chi connectivity index (χ1v) is 3.50. The van der Waals surface area contributed by atoms with Gasteiger partial charge in [-0.25, -0.2) is 0 Å². The maximum Gasteiger partial charge on any atom is 0.137 e. The van der Waals surface area contributed by atoms with Crippen molar-refractivity contribution in [3.63, 3.8) is 0 Å². The van der Waals surface area contributed by atoms with E-state index in [9.17, 15) is 4.79 Å². The number of aldehydes is 1. The van der Waals surface area contributed by atoms with Crippen LogP contribution in [0.25, 0.3) is 0 Å². The molecule has 2 heteroatoms. The molecule has 2 nitrogen and oxygen atoms in total. The Balaban J connectivity index is 2.58. The molecule has 1 atom stereocenters. The predicted octanol–water partition coefficient (Wildman–Crippen LogP) is 0.755. The van der Waals surface area contributed by atoms with E-state index < -0.39 is 12.3 Å². The number of benzene rings is 1. The third kappa shape index (κ3) is 2.51. The van der Waals surface area contributed by atoms with E-state index in [-0.39, 0.29) is 0 Å². The van der Waals surface area contributed by atoms with Gasteiger partial charge in [0.25, 0.3) is 0 Å². The number of nitrogens with two attached hydrogens (primary N) is 1. The summed E-state index contributed by atoms with van der Waals surface area (Å²) in [5.41, 5.74) is 6.40. The molecule has 0 bridgehead atoms. The van der Waals surface area contributed by atoms with Crippen LogP contribution in [0.15, 0.2) is 30.3 Å². The standard InChI is InChI=1S/C9H11NO/c10-9(7-11)6-8-4-2-1-3-5-8/h1-5,7,9H,6,10H2/t9-/m0/s1/i7D. The summed E-state index contributed by atoms with van der Waals surface area (Å²) < 4.78 is 6.77. The van der Waals surface area contributed by atoms with E-state index in [0.717, 1.165) is 5.56 Å². The van der Waals surface area contributed by atoms with Crippen molar-refractivity contribution in [3.8, 4) is 0 Å². The second-order valence-corrected chi connectivity index (χ2v) is 2.41. The van der Waals surface area contributed by atoms with Gasteiger partial charge in [-0.2, -0.15) is 0 Å². The molecule has 0 heterocycles. The second kappa shape index (κ2) is 3.88. The maximum absolute atomic E-state index is 10.5. The lowest BCUT2D eigenvalue weighted by molar-refractivity contribution is -0.108. The minimum Gasteiger partial charge on any atom is -0.321 e. The molecule has 0 aliphatic rings. The first-order chi connectivity index (χ1) is 5.70. The van der Waals surface area contributed by atoms with E-state index >= 15 is 0 Å². The Hall–Kier alpha value is -1.15. The van der Waals surface area contributed by atoms with Crippen LogP contribution in [0.3, 0.4) is 0 Å². The molecule has 1 rings (SSSR count). The third-order valence-electron chi connectivity index (χ3n) is 1.45. The Morgan fingerprint density at radius 3 is 2.73 bits per heavy atom. The lowest BCUT2D eigenvalue weighted by Gasteiger charge is -2.02. The van der Waals surface area contributed by atoms with Crippen molar-refractivity contribution in [2.45, 2.75) is 12.5 Å². The second-order valence-electron chi connectivity index (χ2n) is 2.41. The van der Waals surface area contributed by atoms with Crippen molar-refractivity contribution in [1.29, 1.82) is 0 Å². The van der Waals surface area contributed by atoms with Gasteiger partial charge in [-0.15, -0.1) is 0 Å². The smallest absolute Gasteiger partial charge is 0.137 e. The van der Waals surface area contributed by atoms with E-state index in [1.54, 1.807) is 0 Å². The number of hydrogen-bond acceptors (Lipinski definition) is 2. The highest BCUT2D eigenvalue weighted by Crippen LogP contribution is 1.99. The normalized spacial score (nSPS) is 13.7. The van der Waals surface area contributed by atoms with Gasteiger partial charge in [0.05, 0.1) is 6.04 Å². The molecule has 2 N–H and O–H groups in total. The molecule has 1 aromatic carbocycles. The summed E-state index contributed by atoms with van der Waals surface area (Å²) in [5, 5.41) is 0. The van der Waals surface area contributed by atoms with Crippen LogP contribution in [-0.2, 0) is 11.2 Å². The largest absolute Gasteiger partial charge is 0.321 e. The Morgan fingerprint density at radius 1 is 1.55 bits per heavy atom. The van der Waals surface area contributed by atoms with Crippen molar-refractivity contribution < 1.29 is 6.17 Å². The molecule has 0 fully saturated rings. The SMILES string of the molecule is [2H]C(=O)[C@@H](N)Cc1ccccc1. The average Bonchev–Trinajstić information content (AvgIpc) is 2.06. The van der Waals surface area contributed by atoms with Crippen LogP contribution in [0.1, 0.15) is 6.93 Å². The van der Waals surface area contributed by atoms with E-state index in [4.69, 9.17) is 7.10 Å². The van der Waals surface area contributed by atoms with Crippen molar-refractivity contribution >= 4 is 6.26 Å². The Labute approximate surface area is 67.4 Å². The van der Waals surface area contributed by atoms with Gasteiger partial charge in [0.1, 0.15) is 7.63 Å². The average molecular weight is 150 g/mol. The molecule has 0 unspecified atom stereocenters. The van der Waals surface area contributed by atoms with Crippen LogP contribution in [0, 0.1) is 0 Å². The number of carbonyl (C=O) groups is 1. The minimum atomic E-state index is -0.709. The molecule has 0 aromatic heterocycles. The third-order valence-corrected chi connectivity index (χ3v) is 1.45. The molecule has 0 aliphatic heterocycles. The molecule has 11 heavy (non-hydrogen) atoms. The van der Waals surface area contributed by atoms with E-state index in [2.05, 4.69) is 0 Å². The zero-order chi connectivity index (χ0) is 8.97. The van der Waals surface area contributed by atoms with Crippen LogP contribution in [0.4, 0.5) is 0 Å². The molecular weight excluding hydrogens is 138 g/mol. The highest BCUT2D eigenvalue weighted by molar-refractivity contribution is 5.57. The van der Waals surface area contributed by atoms with Crippen molar-refractivity contribution in [1.82, 2.24) is 0 Å². The summed E-state index contributed by atoms with van der Waals surface area (Å²) in [6, 6.07) is 8.77. The topological polar surface area (TPSA) is 43.1 Å². The zero-order valence-electron chi connectivity index (χ0n) is 7.16. The summed E-state index contributed by atoms with van der Waals surface area (Å²) in [6.07, 6.45) is -0.262. The Morgan fingerprint density at radius 2 is 2.18 bits per heavy atom. The molecule has 0 saturated carbocycles. The molecule has 1 aromatic rings. The monoisotopic (exact) mass is 150 g/mol. The van der Waals surface area contributed by atoms with E-state index in [0.29, 0.717) is 6.42 Å². The molecule has 0 aliphatic carbocycles. The number of carbonyl (C=O) groups excluding carboxylic acids is 1. The number of rotatable bonds is 3. The first kappa shape index (κ1) is 6.55. The maximum atomic E-state index is 10.5. The van der Waals surface area contributed by atoms with Crippen LogP contribution < -0.4 is 5.73 Å². The van der Waals surface area contributed by atoms with E-state index in [1.165, 1.54) is 0 Å². The molecule has 0 saturated heterocycles. The summed E-state index contributed by atoms with van der Waals surface area (Å²) in [7, 11) is 0. The van der Waals surface area contributed by atoms with Crippen molar-refractivity contribution in [2.24, 2.45) is 5.73 Å². The summed E-state index contributed by atoms with van der Waals surface area (Å²) in [5.74, 6) is 0. The molecule has 0 radical (unpaired) electrons. The quantitative estimate of drug-likeness (QED) is 0.646. The van der Waals surface area contributed by atoms with Crippen LogP contribution in [0.5, 0.6) is 0 Å². The highest BCUT2D eigenvalue weighted by Gasteiger charge is 1.99. The fourth-order valence-corrected chi connectivity index (χ4v) is 0.910. The van der Waals surface area contributed by atoms with Gasteiger partial charge < -0.3 is 10.5 Å². The van der Waals surface area contributed by atoms with Gasteiger partial charge in [-0.3, -0.25) is 0 Å². The van der Waals surface area contributed by atoms with Gasteiger partial charge in [-0.1, -0.05) is 30.3 Å². The first-order valence-electron chi connectivity index (χ1n) is 4.00. The van der Waals surface area contributed by atoms with Gasteiger partial charge in [0.2, 0.25) is 0 Å².